The van der Waals surface area contributed by atoms with Crippen molar-refractivity contribution in [3.8, 4) is 0 Å². The minimum absolute atomic E-state index is 0.462. The molecule has 2 atom stereocenters. The predicted octanol–water partition coefficient (Wildman–Crippen LogP) is 3.12. The summed E-state index contributed by atoms with van der Waals surface area (Å²) in [5, 5.41) is 0. The van der Waals surface area contributed by atoms with E-state index in [2.05, 4.69) is 18.1 Å². The number of rotatable bonds is 4. The molecule has 18 heavy (non-hydrogen) atoms. The molecule has 2 nitrogen and oxygen atoms in total. The fourth-order valence-corrected chi connectivity index (χ4v) is 3.34. The molecule has 1 saturated heterocycles. The average molecular weight is 245 g/mol. The summed E-state index contributed by atoms with van der Waals surface area (Å²) in [4.78, 5) is 14.1. The maximum absolute atomic E-state index is 11.5. The molecule has 1 heterocycles. The van der Waals surface area contributed by atoms with Crippen molar-refractivity contribution in [1.29, 1.82) is 0 Å². The molecule has 2 heteroatoms. The number of ketones is 1. The van der Waals surface area contributed by atoms with Crippen LogP contribution in [-0.2, 0) is 4.79 Å². The molecule has 1 aliphatic carbocycles. The maximum Gasteiger partial charge on any atom is 0.133 e. The van der Waals surface area contributed by atoms with Crippen LogP contribution in [0.15, 0.2) is 37.0 Å². The molecule has 2 rings (SSSR count). The van der Waals surface area contributed by atoms with E-state index in [0.29, 0.717) is 17.7 Å². The zero-order valence-corrected chi connectivity index (χ0v) is 11.1. The van der Waals surface area contributed by atoms with E-state index in [-0.39, 0.29) is 0 Å². The van der Waals surface area contributed by atoms with Crippen LogP contribution in [0.3, 0.4) is 0 Å². The van der Waals surface area contributed by atoms with Gasteiger partial charge in [-0.05, 0) is 37.3 Å². The molecule has 2 fully saturated rings. The average Bonchev–Trinajstić information content (AvgIpc) is 2.38. The number of carbonyl (C=O) groups excluding carboxylic acids is 1. The van der Waals surface area contributed by atoms with Gasteiger partial charge in [-0.2, -0.15) is 0 Å². The Balaban J connectivity index is 2.03. The van der Waals surface area contributed by atoms with Crippen molar-refractivity contribution in [3.63, 3.8) is 0 Å². The van der Waals surface area contributed by atoms with Gasteiger partial charge in [-0.15, -0.1) is 0 Å². The molecule has 0 amide bonds. The van der Waals surface area contributed by atoms with Crippen molar-refractivity contribution in [2.24, 2.45) is 5.92 Å². The molecule has 2 aliphatic rings. The largest absolute Gasteiger partial charge is 0.300 e. The van der Waals surface area contributed by atoms with Gasteiger partial charge in [0.15, 0.2) is 0 Å². The Labute approximate surface area is 110 Å². The van der Waals surface area contributed by atoms with Gasteiger partial charge in [0, 0.05) is 25.4 Å². The van der Waals surface area contributed by atoms with Crippen molar-refractivity contribution in [1.82, 2.24) is 4.90 Å². The second-order valence-corrected chi connectivity index (χ2v) is 5.40. The SMILES string of the molecule is C=C/C=C(\C=C)CN1CCCC2CC(=O)CCC21. The van der Waals surface area contributed by atoms with Crippen LogP contribution in [0.1, 0.15) is 32.1 Å². The minimum atomic E-state index is 0.462. The van der Waals surface area contributed by atoms with Crippen molar-refractivity contribution < 1.29 is 4.79 Å². The first-order chi connectivity index (χ1) is 8.74. The Kier molecular flexibility index (Phi) is 4.54. The number of fused-ring (bicyclic) bond motifs is 1. The Morgan fingerprint density at radius 2 is 2.22 bits per heavy atom. The number of allylic oxidation sites excluding steroid dienone is 2. The summed E-state index contributed by atoms with van der Waals surface area (Å²) in [6, 6.07) is 0.601. The number of Topliss-reactive ketones (excluding diaryl/α,β-unsaturated/α-hetero) is 1. The first kappa shape index (κ1) is 13.3. The van der Waals surface area contributed by atoms with E-state index in [1.165, 1.54) is 18.4 Å². The third-order valence-corrected chi connectivity index (χ3v) is 4.22. The highest BCUT2D eigenvalue weighted by molar-refractivity contribution is 5.79. The van der Waals surface area contributed by atoms with E-state index in [4.69, 9.17) is 0 Å². The third kappa shape index (κ3) is 2.99. The van der Waals surface area contributed by atoms with E-state index in [1.54, 1.807) is 0 Å². The van der Waals surface area contributed by atoms with Gasteiger partial charge in [-0.1, -0.05) is 31.4 Å². The number of nitrogens with zero attached hydrogens (tertiary/aromatic N) is 1. The Hall–Kier alpha value is -1.15. The molecular weight excluding hydrogens is 222 g/mol. The predicted molar refractivity (Wildman–Crippen MR) is 75.4 cm³/mol. The van der Waals surface area contributed by atoms with Crippen molar-refractivity contribution in [3.05, 3.63) is 37.0 Å². The third-order valence-electron chi connectivity index (χ3n) is 4.22. The summed E-state index contributed by atoms with van der Waals surface area (Å²) >= 11 is 0. The minimum Gasteiger partial charge on any atom is -0.300 e. The smallest absolute Gasteiger partial charge is 0.133 e. The number of hydrogen-bond donors (Lipinski definition) is 0. The number of piperidine rings is 1. The second-order valence-electron chi connectivity index (χ2n) is 5.40. The van der Waals surface area contributed by atoms with Crippen LogP contribution < -0.4 is 0 Å². The van der Waals surface area contributed by atoms with Gasteiger partial charge in [0.1, 0.15) is 5.78 Å². The zero-order chi connectivity index (χ0) is 13.0. The van der Waals surface area contributed by atoms with E-state index in [0.717, 1.165) is 32.4 Å². The summed E-state index contributed by atoms with van der Waals surface area (Å²) in [6.45, 7) is 9.71. The first-order valence-corrected chi connectivity index (χ1v) is 6.94. The van der Waals surface area contributed by atoms with E-state index >= 15 is 0 Å². The van der Waals surface area contributed by atoms with Crippen LogP contribution in [0, 0.1) is 5.92 Å². The Morgan fingerprint density at radius 1 is 1.39 bits per heavy atom. The Morgan fingerprint density at radius 3 is 2.94 bits per heavy atom. The van der Waals surface area contributed by atoms with Gasteiger partial charge in [0.2, 0.25) is 0 Å². The van der Waals surface area contributed by atoms with Crippen LogP contribution in [0.25, 0.3) is 0 Å². The lowest BCUT2D eigenvalue weighted by molar-refractivity contribution is -0.124. The van der Waals surface area contributed by atoms with Gasteiger partial charge in [0.05, 0.1) is 0 Å². The fourth-order valence-electron chi connectivity index (χ4n) is 3.34. The molecule has 1 aliphatic heterocycles. The van der Waals surface area contributed by atoms with Crippen molar-refractivity contribution in [2.45, 2.75) is 38.1 Å². The van der Waals surface area contributed by atoms with E-state index < -0.39 is 0 Å². The van der Waals surface area contributed by atoms with Crippen LogP contribution in [-0.4, -0.2) is 29.8 Å². The van der Waals surface area contributed by atoms with Gasteiger partial charge >= 0.3 is 0 Å². The van der Waals surface area contributed by atoms with Crippen LogP contribution in [0.4, 0.5) is 0 Å². The van der Waals surface area contributed by atoms with E-state index in [1.807, 2.05) is 18.2 Å². The molecule has 0 radical (unpaired) electrons. The molecule has 1 saturated carbocycles. The van der Waals surface area contributed by atoms with Crippen molar-refractivity contribution >= 4 is 5.78 Å². The second kappa shape index (κ2) is 6.14. The molecule has 0 spiro atoms. The van der Waals surface area contributed by atoms with Crippen LogP contribution in [0.5, 0.6) is 0 Å². The molecule has 2 unspecified atom stereocenters. The Bertz CT molecular complexity index is 369. The van der Waals surface area contributed by atoms with Crippen molar-refractivity contribution in [2.75, 3.05) is 13.1 Å². The van der Waals surface area contributed by atoms with Gasteiger partial charge in [0.25, 0.3) is 0 Å². The molecule has 0 aromatic carbocycles. The standard InChI is InChI=1S/C16H23NO/c1-3-6-13(4-2)12-17-10-5-7-14-11-15(18)8-9-16(14)17/h3-4,6,14,16H,1-2,5,7-12H2/b13-6+. The van der Waals surface area contributed by atoms with Crippen LogP contribution in [0.2, 0.25) is 0 Å². The normalized spacial score (nSPS) is 29.8. The highest BCUT2D eigenvalue weighted by Crippen LogP contribution is 2.34. The zero-order valence-electron chi connectivity index (χ0n) is 11.1. The summed E-state index contributed by atoms with van der Waals surface area (Å²) in [6.07, 6.45) is 10.8. The lowest BCUT2D eigenvalue weighted by atomic mass is 9.77. The topological polar surface area (TPSA) is 20.3 Å². The summed E-state index contributed by atoms with van der Waals surface area (Å²) in [5.74, 6) is 1.05. The van der Waals surface area contributed by atoms with Gasteiger partial charge in [-0.25, -0.2) is 0 Å². The number of hydrogen-bond acceptors (Lipinski definition) is 2. The highest BCUT2D eigenvalue weighted by atomic mass is 16.1. The van der Waals surface area contributed by atoms with Gasteiger partial charge < -0.3 is 0 Å². The first-order valence-electron chi connectivity index (χ1n) is 6.94. The monoisotopic (exact) mass is 245 g/mol. The van der Waals surface area contributed by atoms with Gasteiger partial charge in [-0.3, -0.25) is 9.69 Å². The quantitative estimate of drug-likeness (QED) is 0.709. The lowest BCUT2D eigenvalue weighted by Gasteiger charge is -2.43. The highest BCUT2D eigenvalue weighted by Gasteiger charge is 2.35. The number of carbonyl (C=O) groups is 1. The maximum atomic E-state index is 11.5. The molecular formula is C16H23NO. The van der Waals surface area contributed by atoms with E-state index in [9.17, 15) is 4.79 Å². The molecule has 0 aromatic rings. The molecule has 0 N–H and O–H groups in total. The summed E-state index contributed by atoms with van der Waals surface area (Å²) < 4.78 is 0. The summed E-state index contributed by atoms with van der Waals surface area (Å²) in [5.41, 5.74) is 1.22. The fraction of sp³-hybridized carbons (Fsp3) is 0.562. The number of likely N-dealkylation sites (tertiary alicyclic amines) is 1. The molecule has 98 valence electrons. The lowest BCUT2D eigenvalue weighted by Crippen LogP contribution is -2.48. The molecule has 0 aromatic heterocycles. The van der Waals surface area contributed by atoms with Crippen LogP contribution >= 0.6 is 0 Å². The molecule has 0 bridgehead atoms. The summed E-state index contributed by atoms with van der Waals surface area (Å²) in [7, 11) is 0.